The molecule has 0 spiro atoms. The summed E-state index contributed by atoms with van der Waals surface area (Å²) in [5.41, 5.74) is 0. The van der Waals surface area contributed by atoms with Crippen LogP contribution in [0.5, 0.6) is 0 Å². The molecule has 0 unspecified atom stereocenters. The van der Waals surface area contributed by atoms with Gasteiger partial charge in [0.2, 0.25) is 16.0 Å². The van der Waals surface area contributed by atoms with Crippen LogP contribution < -0.4 is 5.32 Å². The van der Waals surface area contributed by atoms with E-state index < -0.39 is 10.0 Å². The van der Waals surface area contributed by atoms with E-state index >= 15 is 0 Å². The Bertz CT molecular complexity index is 528. The lowest BCUT2D eigenvalue weighted by Gasteiger charge is -2.35. The van der Waals surface area contributed by atoms with Gasteiger partial charge in [0.05, 0.1) is 19.0 Å². The van der Waals surface area contributed by atoms with Gasteiger partial charge in [-0.1, -0.05) is 6.42 Å². The lowest BCUT2D eigenvalue weighted by Crippen LogP contribution is -2.45. The second-order valence-corrected chi connectivity index (χ2v) is 6.59. The van der Waals surface area contributed by atoms with E-state index in [9.17, 15) is 8.42 Å². The van der Waals surface area contributed by atoms with Crippen molar-refractivity contribution in [2.24, 2.45) is 0 Å². The molecule has 1 aliphatic rings. The molecule has 1 heterocycles. The molecule has 0 aromatic carbocycles. The van der Waals surface area contributed by atoms with Gasteiger partial charge in [0.15, 0.2) is 0 Å². The fourth-order valence-electron chi connectivity index (χ4n) is 2.11. The van der Waals surface area contributed by atoms with E-state index in [-0.39, 0.29) is 24.1 Å². The molecule has 0 atom stereocenters. The van der Waals surface area contributed by atoms with Gasteiger partial charge in [0, 0.05) is 19.1 Å². The molecule has 2 N–H and O–H groups in total. The first-order chi connectivity index (χ1) is 9.59. The zero-order valence-corrected chi connectivity index (χ0v) is 12.3. The fourth-order valence-corrected chi connectivity index (χ4v) is 3.67. The number of rotatable bonds is 7. The normalized spacial score (nSPS) is 16.1. The number of hydrogen-bond acceptors (Lipinski definition) is 6. The van der Waals surface area contributed by atoms with Crippen molar-refractivity contribution in [3.8, 4) is 0 Å². The molecular formula is C12H20N4O3S. The molecule has 0 bridgehead atoms. The van der Waals surface area contributed by atoms with Crippen molar-refractivity contribution in [1.29, 1.82) is 0 Å². The van der Waals surface area contributed by atoms with Gasteiger partial charge in [0.25, 0.3) is 0 Å². The zero-order chi connectivity index (χ0) is 14.6. The third-order valence-corrected chi connectivity index (χ3v) is 5.28. The molecule has 2 rings (SSSR count). The number of aromatic nitrogens is 2. The van der Waals surface area contributed by atoms with Crippen LogP contribution in [0, 0.1) is 0 Å². The first kappa shape index (κ1) is 15.1. The number of nitrogens with zero attached hydrogens (tertiary/aromatic N) is 3. The van der Waals surface area contributed by atoms with E-state index in [0.29, 0.717) is 12.5 Å². The second-order valence-electron chi connectivity index (χ2n) is 4.70. The van der Waals surface area contributed by atoms with Crippen LogP contribution >= 0.6 is 0 Å². The number of anilines is 1. The second kappa shape index (κ2) is 6.47. The number of nitrogens with one attached hydrogen (secondary N) is 1. The van der Waals surface area contributed by atoms with Gasteiger partial charge in [0.1, 0.15) is 4.90 Å². The van der Waals surface area contributed by atoms with E-state index in [4.69, 9.17) is 5.11 Å². The fraction of sp³-hybridized carbons (Fsp3) is 0.667. The minimum Gasteiger partial charge on any atom is -0.395 e. The van der Waals surface area contributed by atoms with Crippen molar-refractivity contribution in [1.82, 2.24) is 14.3 Å². The highest BCUT2D eigenvalue weighted by Crippen LogP contribution is 2.29. The minimum atomic E-state index is -3.63. The van der Waals surface area contributed by atoms with E-state index in [1.54, 1.807) is 0 Å². The highest BCUT2D eigenvalue weighted by Gasteiger charge is 2.34. The van der Waals surface area contributed by atoms with Gasteiger partial charge in [-0.2, -0.15) is 4.31 Å². The van der Waals surface area contributed by atoms with Crippen molar-refractivity contribution >= 4 is 16.0 Å². The molecular weight excluding hydrogens is 280 g/mol. The molecule has 7 nitrogen and oxygen atoms in total. The minimum absolute atomic E-state index is 0.0133. The van der Waals surface area contributed by atoms with Gasteiger partial charge in [-0.3, -0.25) is 0 Å². The number of aliphatic hydroxyl groups is 1. The monoisotopic (exact) mass is 300 g/mol. The SMILES string of the molecule is CCNc1ncc(S(=O)(=O)N(CCO)C2CCC2)cn1. The van der Waals surface area contributed by atoms with Crippen LogP contribution in [0.3, 0.4) is 0 Å². The van der Waals surface area contributed by atoms with Crippen LogP contribution in [0.2, 0.25) is 0 Å². The lowest BCUT2D eigenvalue weighted by atomic mass is 9.93. The summed E-state index contributed by atoms with van der Waals surface area (Å²) in [6.07, 6.45) is 5.33. The van der Waals surface area contributed by atoms with Crippen LogP contribution in [0.15, 0.2) is 17.3 Å². The molecule has 112 valence electrons. The zero-order valence-electron chi connectivity index (χ0n) is 11.5. The summed E-state index contributed by atoms with van der Waals surface area (Å²) in [7, 11) is -3.63. The Kier molecular flexibility index (Phi) is 4.90. The van der Waals surface area contributed by atoms with Gasteiger partial charge < -0.3 is 10.4 Å². The Morgan fingerprint density at radius 1 is 1.40 bits per heavy atom. The van der Waals surface area contributed by atoms with Crippen LogP contribution in [0.4, 0.5) is 5.95 Å². The smallest absolute Gasteiger partial charge is 0.246 e. The molecule has 20 heavy (non-hydrogen) atoms. The Hall–Kier alpha value is -1.25. The molecule has 8 heteroatoms. The largest absolute Gasteiger partial charge is 0.395 e. The van der Waals surface area contributed by atoms with Crippen LogP contribution in [-0.2, 0) is 10.0 Å². The van der Waals surface area contributed by atoms with Gasteiger partial charge in [-0.05, 0) is 19.8 Å². The quantitative estimate of drug-likeness (QED) is 0.759. The van der Waals surface area contributed by atoms with E-state index in [0.717, 1.165) is 19.3 Å². The topological polar surface area (TPSA) is 95.4 Å². The Morgan fingerprint density at radius 3 is 2.50 bits per heavy atom. The van der Waals surface area contributed by atoms with Crippen molar-refractivity contribution in [2.45, 2.75) is 37.1 Å². The Labute approximate surface area is 119 Å². The summed E-state index contributed by atoms with van der Waals surface area (Å²) in [6.45, 7) is 2.51. The Morgan fingerprint density at radius 2 is 2.05 bits per heavy atom. The maximum Gasteiger partial charge on any atom is 0.246 e. The first-order valence-electron chi connectivity index (χ1n) is 6.78. The van der Waals surface area contributed by atoms with Crippen molar-refractivity contribution in [3.05, 3.63) is 12.4 Å². The maximum absolute atomic E-state index is 12.5. The maximum atomic E-state index is 12.5. The lowest BCUT2D eigenvalue weighted by molar-refractivity contribution is 0.178. The highest BCUT2D eigenvalue weighted by molar-refractivity contribution is 7.89. The highest BCUT2D eigenvalue weighted by atomic mass is 32.2. The van der Waals surface area contributed by atoms with Crippen molar-refractivity contribution < 1.29 is 13.5 Å². The number of aliphatic hydroxyl groups excluding tert-OH is 1. The third kappa shape index (κ3) is 3.08. The van der Waals surface area contributed by atoms with E-state index in [2.05, 4.69) is 15.3 Å². The standard InChI is InChI=1S/C12H20N4O3S/c1-2-13-12-14-8-11(9-15-12)20(18,19)16(6-7-17)10-4-3-5-10/h8-10,17H,2-7H2,1H3,(H,13,14,15). The average molecular weight is 300 g/mol. The predicted octanol–water partition coefficient (Wildman–Crippen LogP) is 0.444. The Balaban J connectivity index is 2.22. The summed E-state index contributed by atoms with van der Waals surface area (Å²) < 4.78 is 26.4. The first-order valence-corrected chi connectivity index (χ1v) is 8.22. The third-order valence-electron chi connectivity index (χ3n) is 3.37. The number of hydrogen-bond donors (Lipinski definition) is 2. The molecule has 0 radical (unpaired) electrons. The summed E-state index contributed by atoms with van der Waals surface area (Å²) in [4.78, 5) is 8.05. The molecule has 1 aromatic heterocycles. The molecule has 1 saturated carbocycles. The summed E-state index contributed by atoms with van der Waals surface area (Å²) in [5, 5.41) is 12.0. The van der Waals surface area contributed by atoms with Crippen LogP contribution in [0.1, 0.15) is 26.2 Å². The van der Waals surface area contributed by atoms with E-state index in [1.807, 2.05) is 6.92 Å². The van der Waals surface area contributed by atoms with Crippen LogP contribution in [0.25, 0.3) is 0 Å². The molecule has 0 saturated heterocycles. The van der Waals surface area contributed by atoms with Gasteiger partial charge in [-0.15, -0.1) is 0 Å². The number of sulfonamides is 1. The molecule has 0 amide bonds. The summed E-state index contributed by atoms with van der Waals surface area (Å²) >= 11 is 0. The van der Waals surface area contributed by atoms with Crippen molar-refractivity contribution in [2.75, 3.05) is 25.0 Å². The molecule has 1 aliphatic carbocycles. The summed E-state index contributed by atoms with van der Waals surface area (Å²) in [6, 6.07) is -0.0133. The average Bonchev–Trinajstić information content (AvgIpc) is 2.37. The van der Waals surface area contributed by atoms with Crippen molar-refractivity contribution in [3.63, 3.8) is 0 Å². The van der Waals surface area contributed by atoms with Gasteiger partial charge in [-0.25, -0.2) is 18.4 Å². The van der Waals surface area contributed by atoms with Crippen LogP contribution in [-0.4, -0.2) is 53.5 Å². The molecule has 1 fully saturated rings. The predicted molar refractivity (Wildman–Crippen MR) is 74.8 cm³/mol. The summed E-state index contributed by atoms with van der Waals surface area (Å²) in [5.74, 6) is 0.406. The van der Waals surface area contributed by atoms with E-state index in [1.165, 1.54) is 16.7 Å². The molecule has 1 aromatic rings. The molecule has 0 aliphatic heterocycles. The van der Waals surface area contributed by atoms with Gasteiger partial charge >= 0.3 is 0 Å².